The number of Topliss-reactive ketones (excluding diaryl/α,β-unsaturated/α-hetero) is 1. The maximum atomic E-state index is 15.1. The number of ether oxygens (including phenoxy) is 4. The number of nitrogens with zero attached hydrogens (tertiary/aromatic N) is 2. The van der Waals surface area contributed by atoms with E-state index in [1.54, 1.807) is 20.8 Å². The molecule has 0 radical (unpaired) electrons. The summed E-state index contributed by atoms with van der Waals surface area (Å²) in [6, 6.07) is 1.23. The molecule has 2 bridgehead atoms. The summed E-state index contributed by atoms with van der Waals surface area (Å²) in [6.07, 6.45) is 6.02. The minimum absolute atomic E-state index is 0.0405. The second-order valence-electron chi connectivity index (χ2n) is 20.8. The molecule has 6 saturated carbocycles. The average molecular weight is 715 g/mol. The number of hydrogen-bond donors (Lipinski definition) is 2. The largest absolute Gasteiger partial charge is 0.388 e. The highest BCUT2D eigenvalue weighted by atomic mass is 16.7. The number of likely N-dealkylation sites (tertiary alicyclic amines) is 1. The molecule has 6 aliphatic carbocycles. The Balaban J connectivity index is 0.995. The predicted molar refractivity (Wildman–Crippen MR) is 195 cm³/mol. The van der Waals surface area contributed by atoms with E-state index in [0.717, 1.165) is 58.5 Å². The van der Waals surface area contributed by atoms with E-state index < -0.39 is 35.6 Å². The summed E-state index contributed by atoms with van der Waals surface area (Å²) < 4.78 is 26.0. The van der Waals surface area contributed by atoms with Gasteiger partial charge in [0.1, 0.15) is 12.2 Å². The Morgan fingerprint density at radius 3 is 2.37 bits per heavy atom. The van der Waals surface area contributed by atoms with Gasteiger partial charge < -0.3 is 29.2 Å². The summed E-state index contributed by atoms with van der Waals surface area (Å²) in [6.45, 7) is 26.5. The zero-order valence-corrected chi connectivity index (χ0v) is 33.5. The van der Waals surface area contributed by atoms with E-state index in [0.29, 0.717) is 36.1 Å². The molecule has 0 aromatic heterocycles. The van der Waals surface area contributed by atoms with Crippen LogP contribution in [-0.4, -0.2) is 113 Å². The van der Waals surface area contributed by atoms with Crippen molar-refractivity contribution >= 4 is 5.78 Å². The number of fused-ring (bicyclic) bond motifs is 4. The van der Waals surface area contributed by atoms with Crippen LogP contribution in [0.1, 0.15) is 121 Å². The van der Waals surface area contributed by atoms with Crippen LogP contribution in [0, 0.1) is 50.7 Å². The first-order chi connectivity index (χ1) is 23.8. The molecule has 0 aromatic carbocycles. The smallest absolute Gasteiger partial charge is 0.170 e. The fourth-order valence-electron chi connectivity index (χ4n) is 14.9. The predicted octanol–water partition coefficient (Wildman–Crippen LogP) is 5.64. The van der Waals surface area contributed by atoms with Crippen LogP contribution in [0.15, 0.2) is 0 Å². The van der Waals surface area contributed by atoms with Gasteiger partial charge in [0.2, 0.25) is 0 Å². The molecule has 2 spiro atoms. The lowest BCUT2D eigenvalue weighted by Crippen LogP contribution is -2.76. The fourth-order valence-corrected chi connectivity index (χ4v) is 14.9. The van der Waals surface area contributed by atoms with E-state index in [-0.39, 0.29) is 45.9 Å². The van der Waals surface area contributed by atoms with E-state index in [9.17, 15) is 10.2 Å². The van der Waals surface area contributed by atoms with Crippen molar-refractivity contribution < 1.29 is 34.0 Å². The number of aliphatic hydroxyl groups is 2. The second-order valence-corrected chi connectivity index (χ2v) is 20.8. The highest BCUT2D eigenvalue weighted by molar-refractivity contribution is 5.93. The molecule has 2 N–H and O–H groups in total. The number of carbonyl (C=O) groups is 1. The van der Waals surface area contributed by atoms with Crippen molar-refractivity contribution in [3.8, 4) is 0 Å². The minimum Gasteiger partial charge on any atom is -0.388 e. The number of carbonyl (C=O) groups excluding carboxylic acids is 1. The summed E-state index contributed by atoms with van der Waals surface area (Å²) in [4.78, 5) is 20.3. The molecule has 14 atom stereocenters. The van der Waals surface area contributed by atoms with Crippen molar-refractivity contribution in [3.63, 3.8) is 0 Å². The number of ketones is 1. The van der Waals surface area contributed by atoms with Gasteiger partial charge >= 0.3 is 0 Å². The Bertz CT molecular complexity index is 1360. The summed E-state index contributed by atoms with van der Waals surface area (Å²) >= 11 is 0. The van der Waals surface area contributed by atoms with E-state index in [2.05, 4.69) is 58.3 Å². The van der Waals surface area contributed by atoms with Crippen molar-refractivity contribution in [2.75, 3.05) is 32.8 Å². The molecule has 9 aliphatic rings. The Kier molecular flexibility index (Phi) is 8.90. The van der Waals surface area contributed by atoms with Gasteiger partial charge in [-0.1, -0.05) is 34.6 Å². The summed E-state index contributed by atoms with van der Waals surface area (Å²) in [7, 11) is 0. The molecular weight excluding hydrogens is 644 g/mol. The number of aliphatic hydroxyl groups excluding tert-OH is 1. The zero-order valence-electron chi connectivity index (χ0n) is 33.5. The number of morpholine rings is 1. The van der Waals surface area contributed by atoms with Gasteiger partial charge in [-0.15, -0.1) is 0 Å². The molecule has 0 amide bonds. The van der Waals surface area contributed by atoms with Gasteiger partial charge in [-0.3, -0.25) is 14.6 Å². The number of hydrogen-bond acceptors (Lipinski definition) is 9. The van der Waals surface area contributed by atoms with Crippen LogP contribution in [0.2, 0.25) is 0 Å². The number of rotatable bonds is 8. The lowest BCUT2D eigenvalue weighted by atomic mass is 9.23. The highest BCUT2D eigenvalue weighted by Gasteiger charge is 2.82. The van der Waals surface area contributed by atoms with Crippen molar-refractivity contribution in [2.45, 2.75) is 175 Å². The first-order valence-corrected chi connectivity index (χ1v) is 20.8. The molecule has 3 aliphatic heterocycles. The lowest BCUT2D eigenvalue weighted by molar-refractivity contribution is -0.349. The van der Waals surface area contributed by atoms with Gasteiger partial charge in [-0.05, 0) is 125 Å². The lowest BCUT2D eigenvalue weighted by Gasteiger charge is -2.81. The monoisotopic (exact) mass is 715 g/mol. The topological polar surface area (TPSA) is 101 Å². The van der Waals surface area contributed by atoms with Crippen LogP contribution in [0.3, 0.4) is 0 Å². The van der Waals surface area contributed by atoms with E-state index in [4.69, 9.17) is 18.9 Å². The normalized spacial score (nSPS) is 49.6. The third-order valence-electron chi connectivity index (χ3n) is 17.6. The van der Waals surface area contributed by atoms with E-state index >= 15 is 4.79 Å². The molecule has 9 heteroatoms. The van der Waals surface area contributed by atoms with Gasteiger partial charge in [-0.2, -0.15) is 0 Å². The highest BCUT2D eigenvalue weighted by Crippen LogP contribution is 2.86. The molecule has 0 aromatic rings. The Labute approximate surface area is 307 Å². The average Bonchev–Trinajstić information content (AvgIpc) is 3.19. The molecule has 14 unspecified atom stereocenters. The molecule has 9 fully saturated rings. The maximum absolute atomic E-state index is 15.1. The Hall–Kier alpha value is -0.650. The maximum Gasteiger partial charge on any atom is 0.170 e. The van der Waals surface area contributed by atoms with Crippen molar-refractivity contribution in [1.82, 2.24) is 9.80 Å². The SMILES string of the molecule is CC(O)OC(C1CC(C)C2C(O1)C(=O)C1(C)C3CCC45CC3(CCC21C)C4CCC(OC1CN(C2CN(C(C)C)C2)CCO1)C5(C)C)C(C)(C)O. The van der Waals surface area contributed by atoms with Crippen molar-refractivity contribution in [3.05, 3.63) is 0 Å². The van der Waals surface area contributed by atoms with Crippen LogP contribution < -0.4 is 0 Å². The van der Waals surface area contributed by atoms with Crippen LogP contribution in [0.25, 0.3) is 0 Å². The molecule has 9 nitrogen and oxygen atoms in total. The van der Waals surface area contributed by atoms with Gasteiger partial charge in [0.15, 0.2) is 18.4 Å². The Morgan fingerprint density at radius 2 is 1.71 bits per heavy atom. The molecule has 3 saturated heterocycles. The minimum atomic E-state index is -1.22. The van der Waals surface area contributed by atoms with Crippen LogP contribution >= 0.6 is 0 Å². The third kappa shape index (κ3) is 5.10. The summed E-state index contributed by atoms with van der Waals surface area (Å²) in [5, 5.41) is 21.2. The Morgan fingerprint density at radius 1 is 0.980 bits per heavy atom. The zero-order chi connectivity index (χ0) is 36.7. The molecule has 9 rings (SSSR count). The standard InChI is InChI=1S/C42H70N2O7/c1-24(2)44-20-27(21-44)43-17-18-48-32(22-43)51-31-12-11-30-41-16-15-39(9)33-25(3)19-28(36(38(7,8)47)49-26(4)45)50-34(33)35(46)40(39,10)29(41)13-14-42(30,23-41)37(31,5)6/h24-34,36,45,47H,11-23H2,1-10H3. The first kappa shape index (κ1) is 37.3. The quantitative estimate of drug-likeness (QED) is 0.310. The van der Waals surface area contributed by atoms with E-state index in [1.807, 2.05) is 0 Å². The second kappa shape index (κ2) is 12.2. The molecule has 290 valence electrons. The van der Waals surface area contributed by atoms with Crippen LogP contribution in [-0.2, 0) is 23.7 Å². The van der Waals surface area contributed by atoms with Crippen molar-refractivity contribution in [1.29, 1.82) is 0 Å². The van der Waals surface area contributed by atoms with Crippen molar-refractivity contribution in [2.24, 2.45) is 50.7 Å². The third-order valence-corrected chi connectivity index (χ3v) is 17.6. The van der Waals surface area contributed by atoms with Gasteiger partial charge in [0.25, 0.3) is 0 Å². The van der Waals surface area contributed by atoms with Gasteiger partial charge in [0.05, 0.1) is 24.4 Å². The molecular formula is C42H70N2O7. The van der Waals surface area contributed by atoms with Gasteiger partial charge in [0, 0.05) is 49.6 Å². The van der Waals surface area contributed by atoms with E-state index in [1.165, 1.54) is 19.3 Å². The summed E-state index contributed by atoms with van der Waals surface area (Å²) in [5.74, 6) is 1.67. The molecule has 3 heterocycles. The summed E-state index contributed by atoms with van der Waals surface area (Å²) in [5.41, 5.74) is -1.31. The first-order valence-electron chi connectivity index (χ1n) is 20.8. The molecule has 51 heavy (non-hydrogen) atoms. The van der Waals surface area contributed by atoms with Gasteiger partial charge in [-0.25, -0.2) is 0 Å². The van der Waals surface area contributed by atoms with Crippen LogP contribution in [0.4, 0.5) is 0 Å². The fraction of sp³-hybridized carbons (Fsp3) is 0.976. The van der Waals surface area contributed by atoms with Crippen LogP contribution in [0.5, 0.6) is 0 Å².